The summed E-state index contributed by atoms with van der Waals surface area (Å²) in [5.74, 6) is 0.842. The minimum atomic E-state index is -0.169. The normalized spacial score (nSPS) is 10.9. The molecule has 0 atom stereocenters. The van der Waals surface area contributed by atoms with E-state index in [0.717, 1.165) is 5.82 Å². The number of carbonyl (C=O) groups excluding carboxylic acids is 1. The molecule has 1 N–H and O–H groups in total. The highest BCUT2D eigenvalue weighted by Crippen LogP contribution is 2.26. The van der Waals surface area contributed by atoms with Gasteiger partial charge in [0.1, 0.15) is 5.82 Å². The van der Waals surface area contributed by atoms with E-state index in [9.17, 15) is 4.79 Å². The van der Waals surface area contributed by atoms with Gasteiger partial charge in [-0.25, -0.2) is 0 Å². The van der Waals surface area contributed by atoms with E-state index in [1.165, 1.54) is 28.1 Å². The number of thioether (sulfide) groups is 1. The molecule has 0 bridgehead atoms. The zero-order valence-corrected chi connectivity index (χ0v) is 19.4. The van der Waals surface area contributed by atoms with Gasteiger partial charge in [-0.15, -0.1) is 16.8 Å². The SMILES string of the molecule is C=CCn1c(Cc2cccc3ccccc23)nnc1SCC(=O)Nc1ccc(Cl)c(Cl)c1. The first-order valence-corrected chi connectivity index (χ1v) is 11.7. The number of allylic oxidation sites excluding steroid dienone is 1. The molecule has 1 amide bonds. The van der Waals surface area contributed by atoms with E-state index in [1.807, 2.05) is 16.7 Å². The van der Waals surface area contributed by atoms with Crippen molar-refractivity contribution < 1.29 is 4.79 Å². The molecule has 1 aromatic heterocycles. The van der Waals surface area contributed by atoms with Gasteiger partial charge in [-0.3, -0.25) is 4.79 Å². The molecule has 4 rings (SSSR count). The maximum absolute atomic E-state index is 12.4. The average molecular weight is 483 g/mol. The van der Waals surface area contributed by atoms with Gasteiger partial charge in [0.15, 0.2) is 5.16 Å². The first-order chi connectivity index (χ1) is 15.5. The van der Waals surface area contributed by atoms with E-state index in [0.29, 0.717) is 33.9 Å². The Morgan fingerprint density at radius 1 is 1.06 bits per heavy atom. The van der Waals surface area contributed by atoms with Crippen LogP contribution in [0.25, 0.3) is 10.8 Å². The summed E-state index contributed by atoms with van der Waals surface area (Å²) in [5.41, 5.74) is 1.77. The van der Waals surface area contributed by atoms with Gasteiger partial charge in [0.05, 0.1) is 15.8 Å². The number of hydrogen-bond acceptors (Lipinski definition) is 4. The Kier molecular flexibility index (Phi) is 7.15. The summed E-state index contributed by atoms with van der Waals surface area (Å²) in [6, 6.07) is 19.5. The fourth-order valence-corrected chi connectivity index (χ4v) is 4.45. The maximum atomic E-state index is 12.4. The Morgan fingerprint density at radius 3 is 2.69 bits per heavy atom. The van der Waals surface area contributed by atoms with Crippen LogP contribution < -0.4 is 5.32 Å². The first kappa shape index (κ1) is 22.4. The van der Waals surface area contributed by atoms with Crippen molar-refractivity contribution in [3.8, 4) is 0 Å². The molecule has 4 aromatic rings. The second kappa shape index (κ2) is 10.2. The number of carbonyl (C=O) groups is 1. The van der Waals surface area contributed by atoms with Gasteiger partial charge < -0.3 is 9.88 Å². The van der Waals surface area contributed by atoms with Crippen LogP contribution in [0, 0.1) is 0 Å². The van der Waals surface area contributed by atoms with E-state index in [2.05, 4.69) is 52.4 Å². The fraction of sp³-hybridized carbons (Fsp3) is 0.125. The molecule has 0 aliphatic carbocycles. The number of aromatic nitrogens is 3. The molecule has 0 saturated carbocycles. The standard InChI is InChI=1S/C24H20Cl2N4OS/c1-2-12-30-22(13-17-8-5-7-16-6-3-4-9-19(16)17)28-29-24(30)32-15-23(31)27-18-10-11-20(25)21(26)14-18/h2-11,14H,1,12-13,15H2,(H,27,31). The number of nitrogens with one attached hydrogen (secondary N) is 1. The zero-order valence-electron chi connectivity index (χ0n) is 17.1. The largest absolute Gasteiger partial charge is 0.325 e. The Morgan fingerprint density at radius 2 is 1.88 bits per heavy atom. The minimum absolute atomic E-state index is 0.169. The molecule has 0 fully saturated rings. The summed E-state index contributed by atoms with van der Waals surface area (Å²) in [6.07, 6.45) is 2.44. The predicted molar refractivity (Wildman–Crippen MR) is 133 cm³/mol. The summed E-state index contributed by atoms with van der Waals surface area (Å²) < 4.78 is 1.99. The van der Waals surface area contributed by atoms with Crippen LogP contribution in [0.4, 0.5) is 5.69 Å². The van der Waals surface area contributed by atoms with Crippen LogP contribution in [0.1, 0.15) is 11.4 Å². The molecule has 0 saturated heterocycles. The van der Waals surface area contributed by atoms with Crippen molar-refractivity contribution in [3.63, 3.8) is 0 Å². The van der Waals surface area contributed by atoms with Gasteiger partial charge in [0.2, 0.25) is 5.91 Å². The lowest BCUT2D eigenvalue weighted by Gasteiger charge is -2.10. The van der Waals surface area contributed by atoms with Crippen LogP contribution in [0.3, 0.4) is 0 Å². The number of hydrogen-bond donors (Lipinski definition) is 1. The van der Waals surface area contributed by atoms with Crippen molar-refractivity contribution in [2.75, 3.05) is 11.1 Å². The molecule has 0 aliphatic rings. The highest BCUT2D eigenvalue weighted by atomic mass is 35.5. The molecule has 32 heavy (non-hydrogen) atoms. The summed E-state index contributed by atoms with van der Waals surface area (Å²) in [6.45, 7) is 4.41. The van der Waals surface area contributed by atoms with E-state index < -0.39 is 0 Å². The molecule has 0 spiro atoms. The molecule has 5 nitrogen and oxygen atoms in total. The second-order valence-electron chi connectivity index (χ2n) is 7.08. The number of fused-ring (bicyclic) bond motifs is 1. The van der Waals surface area contributed by atoms with Gasteiger partial charge >= 0.3 is 0 Å². The van der Waals surface area contributed by atoms with E-state index in [1.54, 1.807) is 24.3 Å². The number of nitrogens with zero attached hydrogens (tertiary/aromatic N) is 3. The molecule has 3 aromatic carbocycles. The van der Waals surface area contributed by atoms with E-state index in [-0.39, 0.29) is 11.7 Å². The van der Waals surface area contributed by atoms with Gasteiger partial charge in [0.25, 0.3) is 0 Å². The number of anilines is 1. The van der Waals surface area contributed by atoms with Crippen LogP contribution in [-0.2, 0) is 17.8 Å². The topological polar surface area (TPSA) is 59.8 Å². The average Bonchev–Trinajstić information content (AvgIpc) is 3.17. The molecule has 162 valence electrons. The molecule has 1 heterocycles. The van der Waals surface area contributed by atoms with Gasteiger partial charge in [0, 0.05) is 18.7 Å². The third-order valence-electron chi connectivity index (χ3n) is 4.87. The molecular formula is C24H20Cl2N4OS. The lowest BCUT2D eigenvalue weighted by Crippen LogP contribution is -2.14. The molecule has 8 heteroatoms. The van der Waals surface area contributed by atoms with Crippen molar-refractivity contribution in [1.29, 1.82) is 0 Å². The Hall–Kier alpha value is -2.80. The van der Waals surface area contributed by atoms with Crippen molar-refractivity contribution >= 4 is 57.3 Å². The molecular weight excluding hydrogens is 463 g/mol. The lowest BCUT2D eigenvalue weighted by atomic mass is 10.0. The van der Waals surface area contributed by atoms with Crippen LogP contribution in [-0.4, -0.2) is 26.4 Å². The van der Waals surface area contributed by atoms with Crippen molar-refractivity contribution in [3.05, 3.63) is 94.8 Å². The van der Waals surface area contributed by atoms with Crippen LogP contribution in [0.15, 0.2) is 78.5 Å². The molecule has 0 radical (unpaired) electrons. The number of rotatable bonds is 8. The number of halogens is 2. The Labute approximate surface area is 200 Å². The molecule has 0 aliphatic heterocycles. The van der Waals surface area contributed by atoms with Crippen LogP contribution in [0.2, 0.25) is 10.0 Å². The Bertz CT molecular complexity index is 1280. The van der Waals surface area contributed by atoms with Crippen molar-refractivity contribution in [2.24, 2.45) is 0 Å². The number of benzene rings is 3. The van der Waals surface area contributed by atoms with Gasteiger partial charge in [-0.05, 0) is 34.5 Å². The maximum Gasteiger partial charge on any atom is 0.234 e. The monoisotopic (exact) mass is 482 g/mol. The van der Waals surface area contributed by atoms with Crippen molar-refractivity contribution in [2.45, 2.75) is 18.1 Å². The van der Waals surface area contributed by atoms with E-state index in [4.69, 9.17) is 23.2 Å². The second-order valence-corrected chi connectivity index (χ2v) is 8.84. The smallest absolute Gasteiger partial charge is 0.234 e. The van der Waals surface area contributed by atoms with Crippen molar-refractivity contribution in [1.82, 2.24) is 14.8 Å². The van der Waals surface area contributed by atoms with Gasteiger partial charge in [-0.2, -0.15) is 0 Å². The fourth-order valence-electron chi connectivity index (χ4n) is 3.39. The highest BCUT2D eigenvalue weighted by molar-refractivity contribution is 7.99. The molecule has 0 unspecified atom stereocenters. The zero-order chi connectivity index (χ0) is 22.5. The van der Waals surface area contributed by atoms with Crippen LogP contribution >= 0.6 is 35.0 Å². The predicted octanol–water partition coefficient (Wildman–Crippen LogP) is 6.25. The van der Waals surface area contributed by atoms with Crippen LogP contribution in [0.5, 0.6) is 0 Å². The Balaban J connectivity index is 1.48. The highest BCUT2D eigenvalue weighted by Gasteiger charge is 2.15. The summed E-state index contributed by atoms with van der Waals surface area (Å²) in [4.78, 5) is 12.4. The summed E-state index contributed by atoms with van der Waals surface area (Å²) >= 11 is 13.3. The quantitative estimate of drug-likeness (QED) is 0.238. The minimum Gasteiger partial charge on any atom is -0.325 e. The third-order valence-corrected chi connectivity index (χ3v) is 6.58. The first-order valence-electron chi connectivity index (χ1n) is 9.92. The summed E-state index contributed by atoms with van der Waals surface area (Å²) in [5, 5.41) is 15.4. The third kappa shape index (κ3) is 5.15. The number of amides is 1. The lowest BCUT2D eigenvalue weighted by molar-refractivity contribution is -0.113. The van der Waals surface area contributed by atoms with E-state index >= 15 is 0 Å². The van der Waals surface area contributed by atoms with Gasteiger partial charge in [-0.1, -0.05) is 83.5 Å². The summed E-state index contributed by atoms with van der Waals surface area (Å²) in [7, 11) is 0.